The molecule has 140 valence electrons. The standard InChI is InChI=1S/C20H25F5/c1-19(24)8-4-13(5-9-19)14-6-10-20(25,11-7-14)15-2-3-16(18(22)23)17(21)12-15/h2-3,12-14,18H,4-11H2,1H3. The summed E-state index contributed by atoms with van der Waals surface area (Å²) in [5.41, 5.74) is -3.24. The third-order valence-electron chi connectivity index (χ3n) is 6.32. The lowest BCUT2D eigenvalue weighted by molar-refractivity contribution is 0.0326. The molecule has 3 rings (SSSR count). The Hall–Kier alpha value is -1.13. The minimum Gasteiger partial charge on any atom is -0.244 e. The Bertz CT molecular complexity index is 592. The minimum atomic E-state index is -2.90. The van der Waals surface area contributed by atoms with E-state index in [0.717, 1.165) is 25.0 Å². The van der Waals surface area contributed by atoms with E-state index in [2.05, 4.69) is 0 Å². The van der Waals surface area contributed by atoms with E-state index in [1.54, 1.807) is 6.92 Å². The Kier molecular flexibility index (Phi) is 5.13. The molecule has 0 saturated heterocycles. The summed E-state index contributed by atoms with van der Waals surface area (Å²) in [6, 6.07) is 3.21. The van der Waals surface area contributed by atoms with Gasteiger partial charge in [0.2, 0.25) is 0 Å². The van der Waals surface area contributed by atoms with Crippen LogP contribution in [-0.2, 0) is 5.67 Å². The van der Waals surface area contributed by atoms with Gasteiger partial charge in [-0.1, -0.05) is 12.1 Å². The Balaban J connectivity index is 1.64. The Morgan fingerprint density at radius 2 is 1.44 bits per heavy atom. The maximum absolute atomic E-state index is 15.3. The van der Waals surface area contributed by atoms with Gasteiger partial charge >= 0.3 is 0 Å². The van der Waals surface area contributed by atoms with Crippen molar-refractivity contribution in [3.05, 3.63) is 35.1 Å². The molecule has 0 radical (unpaired) electrons. The lowest BCUT2D eigenvalue weighted by atomic mass is 9.67. The first kappa shape index (κ1) is 18.7. The monoisotopic (exact) mass is 360 g/mol. The first-order chi connectivity index (χ1) is 11.7. The molecule has 2 saturated carbocycles. The second-order valence-corrected chi connectivity index (χ2v) is 8.09. The van der Waals surface area contributed by atoms with E-state index < -0.39 is 29.1 Å². The highest BCUT2D eigenvalue weighted by Crippen LogP contribution is 2.48. The summed E-state index contributed by atoms with van der Waals surface area (Å²) in [5.74, 6) is -0.224. The molecule has 0 bridgehead atoms. The van der Waals surface area contributed by atoms with E-state index in [1.165, 1.54) is 6.07 Å². The lowest BCUT2D eigenvalue weighted by Crippen LogP contribution is -2.34. The van der Waals surface area contributed by atoms with Crippen LogP contribution in [0.3, 0.4) is 0 Å². The molecule has 0 N–H and O–H groups in total. The number of hydrogen-bond acceptors (Lipinski definition) is 0. The van der Waals surface area contributed by atoms with E-state index in [9.17, 15) is 17.6 Å². The molecule has 0 nitrogen and oxygen atoms in total. The summed E-state index contributed by atoms with van der Waals surface area (Å²) in [7, 11) is 0. The molecule has 0 heterocycles. The van der Waals surface area contributed by atoms with Crippen LogP contribution in [0.4, 0.5) is 22.0 Å². The van der Waals surface area contributed by atoms with Gasteiger partial charge in [-0.2, -0.15) is 0 Å². The number of halogens is 5. The first-order valence-corrected chi connectivity index (χ1v) is 9.16. The van der Waals surface area contributed by atoms with Crippen molar-refractivity contribution in [1.29, 1.82) is 0 Å². The third-order valence-corrected chi connectivity index (χ3v) is 6.32. The van der Waals surface area contributed by atoms with Crippen LogP contribution in [0.15, 0.2) is 18.2 Å². The number of rotatable bonds is 3. The highest BCUT2D eigenvalue weighted by atomic mass is 19.3. The molecule has 0 atom stereocenters. The molecule has 2 fully saturated rings. The zero-order valence-electron chi connectivity index (χ0n) is 14.5. The molecule has 0 amide bonds. The van der Waals surface area contributed by atoms with Crippen molar-refractivity contribution in [2.24, 2.45) is 11.8 Å². The van der Waals surface area contributed by atoms with Crippen LogP contribution in [0.2, 0.25) is 0 Å². The predicted molar refractivity (Wildman–Crippen MR) is 87.6 cm³/mol. The fourth-order valence-electron chi connectivity index (χ4n) is 4.55. The first-order valence-electron chi connectivity index (χ1n) is 9.16. The summed E-state index contributed by atoms with van der Waals surface area (Å²) in [5, 5.41) is 0. The fraction of sp³-hybridized carbons (Fsp3) is 0.700. The van der Waals surface area contributed by atoms with E-state index >= 15 is 4.39 Å². The molecule has 5 heteroatoms. The van der Waals surface area contributed by atoms with E-state index in [-0.39, 0.29) is 18.4 Å². The summed E-state index contributed by atoms with van der Waals surface area (Å²) < 4.78 is 68.3. The highest BCUT2D eigenvalue weighted by Gasteiger charge is 2.41. The Morgan fingerprint density at radius 1 is 0.920 bits per heavy atom. The number of alkyl halides is 4. The molecule has 1 aromatic carbocycles. The maximum atomic E-state index is 15.3. The van der Waals surface area contributed by atoms with Crippen molar-refractivity contribution in [3.63, 3.8) is 0 Å². The second kappa shape index (κ2) is 6.88. The zero-order valence-corrected chi connectivity index (χ0v) is 14.5. The molecule has 1 aromatic rings. The maximum Gasteiger partial charge on any atom is 0.266 e. The molecule has 25 heavy (non-hydrogen) atoms. The summed E-state index contributed by atoms with van der Waals surface area (Å²) in [6.07, 6.45) is 1.83. The van der Waals surface area contributed by atoms with Crippen LogP contribution in [-0.4, -0.2) is 5.67 Å². The highest BCUT2D eigenvalue weighted by molar-refractivity contribution is 5.30. The second-order valence-electron chi connectivity index (χ2n) is 8.09. The molecule has 2 aliphatic carbocycles. The Labute approximate surface area is 145 Å². The molecule has 0 unspecified atom stereocenters. The SMILES string of the molecule is CC1(F)CCC(C2CCC(F)(c3ccc(C(F)F)c(F)c3)CC2)CC1. The van der Waals surface area contributed by atoms with Gasteiger partial charge in [-0.15, -0.1) is 0 Å². The van der Waals surface area contributed by atoms with Crippen molar-refractivity contribution >= 4 is 0 Å². The smallest absolute Gasteiger partial charge is 0.244 e. The zero-order chi connectivity index (χ0) is 18.2. The quantitative estimate of drug-likeness (QED) is 0.507. The van der Waals surface area contributed by atoms with E-state index in [4.69, 9.17) is 0 Å². The molecule has 0 aliphatic heterocycles. The van der Waals surface area contributed by atoms with Crippen molar-refractivity contribution in [2.75, 3.05) is 0 Å². The molecular formula is C20H25F5. The summed E-state index contributed by atoms with van der Waals surface area (Å²) >= 11 is 0. The average molecular weight is 360 g/mol. The van der Waals surface area contributed by atoms with Gasteiger partial charge in [-0.3, -0.25) is 0 Å². The van der Waals surface area contributed by atoms with Crippen molar-refractivity contribution in [2.45, 2.75) is 76.1 Å². The summed E-state index contributed by atoms with van der Waals surface area (Å²) in [4.78, 5) is 0. The Morgan fingerprint density at radius 3 is 1.92 bits per heavy atom. The van der Waals surface area contributed by atoms with Crippen LogP contribution in [0.5, 0.6) is 0 Å². The normalized spacial score (nSPS) is 36.6. The largest absolute Gasteiger partial charge is 0.266 e. The van der Waals surface area contributed by atoms with Crippen LogP contribution in [0, 0.1) is 17.7 Å². The van der Waals surface area contributed by atoms with Crippen molar-refractivity contribution in [3.8, 4) is 0 Å². The van der Waals surface area contributed by atoms with Gasteiger partial charge in [0, 0.05) is 0 Å². The van der Waals surface area contributed by atoms with Crippen molar-refractivity contribution in [1.82, 2.24) is 0 Å². The van der Waals surface area contributed by atoms with Gasteiger partial charge in [0.1, 0.15) is 17.2 Å². The van der Waals surface area contributed by atoms with E-state index in [1.807, 2.05) is 0 Å². The fourth-order valence-corrected chi connectivity index (χ4v) is 4.55. The van der Waals surface area contributed by atoms with Gasteiger partial charge in [-0.25, -0.2) is 22.0 Å². The van der Waals surface area contributed by atoms with Gasteiger partial charge in [0.05, 0.1) is 5.56 Å². The molecular weight excluding hydrogens is 335 g/mol. The lowest BCUT2D eigenvalue weighted by Gasteiger charge is -2.41. The number of benzene rings is 1. The van der Waals surface area contributed by atoms with Gasteiger partial charge in [0.15, 0.2) is 0 Å². The van der Waals surface area contributed by atoms with Crippen LogP contribution in [0.25, 0.3) is 0 Å². The predicted octanol–water partition coefficient (Wildman–Crippen LogP) is 7.04. The minimum absolute atomic E-state index is 0.160. The molecule has 0 spiro atoms. The summed E-state index contributed by atoms with van der Waals surface area (Å²) in [6.45, 7) is 1.65. The molecule has 0 aromatic heterocycles. The number of hydrogen-bond donors (Lipinski definition) is 0. The molecule has 2 aliphatic rings. The topological polar surface area (TPSA) is 0 Å². The van der Waals surface area contributed by atoms with E-state index in [0.29, 0.717) is 37.5 Å². The van der Waals surface area contributed by atoms with Gasteiger partial charge in [0.25, 0.3) is 6.43 Å². The van der Waals surface area contributed by atoms with Gasteiger partial charge < -0.3 is 0 Å². The van der Waals surface area contributed by atoms with Crippen LogP contribution in [0.1, 0.15) is 75.8 Å². The van der Waals surface area contributed by atoms with Crippen molar-refractivity contribution < 1.29 is 22.0 Å². The van der Waals surface area contributed by atoms with Crippen LogP contribution < -0.4 is 0 Å². The average Bonchev–Trinajstić information content (AvgIpc) is 2.55. The van der Waals surface area contributed by atoms with Gasteiger partial charge in [-0.05, 0) is 81.8 Å². The van der Waals surface area contributed by atoms with Crippen LogP contribution >= 0.6 is 0 Å². The third kappa shape index (κ3) is 4.01.